The number of nitrogens with one attached hydrogen (secondary N) is 2. The first kappa shape index (κ1) is 21.5. The van der Waals surface area contributed by atoms with E-state index in [9.17, 15) is 0 Å². The lowest BCUT2D eigenvalue weighted by Crippen LogP contribution is -2.41. The van der Waals surface area contributed by atoms with E-state index in [0.29, 0.717) is 12.5 Å². The molecule has 0 saturated carbocycles. The molecule has 27 heavy (non-hydrogen) atoms. The van der Waals surface area contributed by atoms with E-state index in [4.69, 9.17) is 14.5 Å². The van der Waals surface area contributed by atoms with Crippen LogP contribution in [0.3, 0.4) is 0 Å². The van der Waals surface area contributed by atoms with Crippen LogP contribution in [0.15, 0.2) is 29.3 Å². The number of ether oxygens (including phenoxy) is 2. The second-order valence-corrected chi connectivity index (χ2v) is 7.65. The predicted octanol–water partition coefficient (Wildman–Crippen LogP) is 3.73. The molecule has 0 atom stereocenters. The lowest BCUT2D eigenvalue weighted by atomic mass is 9.74. The summed E-state index contributed by atoms with van der Waals surface area (Å²) in [5.74, 6) is 2.52. The van der Waals surface area contributed by atoms with Crippen molar-refractivity contribution in [3.63, 3.8) is 0 Å². The molecule has 2 N–H and O–H groups in total. The molecule has 152 valence electrons. The van der Waals surface area contributed by atoms with Crippen LogP contribution in [0.1, 0.15) is 52.5 Å². The minimum atomic E-state index is 0.0311. The number of rotatable bonds is 9. The number of aliphatic imine (C=N–C) groups is 1. The van der Waals surface area contributed by atoms with Crippen LogP contribution in [0.2, 0.25) is 0 Å². The molecule has 0 radical (unpaired) electrons. The third-order valence-electron chi connectivity index (χ3n) is 5.13. The Morgan fingerprint density at radius 1 is 1.15 bits per heavy atom. The zero-order valence-corrected chi connectivity index (χ0v) is 17.5. The van der Waals surface area contributed by atoms with Crippen molar-refractivity contribution in [1.82, 2.24) is 10.6 Å². The van der Waals surface area contributed by atoms with Crippen LogP contribution in [0.4, 0.5) is 0 Å². The third kappa shape index (κ3) is 6.73. The van der Waals surface area contributed by atoms with Gasteiger partial charge in [-0.15, -0.1) is 0 Å². The normalized spacial score (nSPS) is 17.0. The highest BCUT2D eigenvalue weighted by molar-refractivity contribution is 5.79. The Bertz CT molecular complexity index is 563. The summed E-state index contributed by atoms with van der Waals surface area (Å²) in [7, 11) is 0. The molecule has 1 saturated heterocycles. The van der Waals surface area contributed by atoms with E-state index < -0.39 is 0 Å². The van der Waals surface area contributed by atoms with Crippen molar-refractivity contribution in [2.45, 2.75) is 52.4 Å². The number of benzene rings is 1. The van der Waals surface area contributed by atoms with E-state index >= 15 is 0 Å². The van der Waals surface area contributed by atoms with Gasteiger partial charge in [-0.1, -0.05) is 26.0 Å². The van der Waals surface area contributed by atoms with Gasteiger partial charge in [0.15, 0.2) is 5.96 Å². The molecule has 1 aromatic rings. The van der Waals surface area contributed by atoms with Gasteiger partial charge in [-0.3, -0.25) is 4.99 Å². The molecule has 0 aliphatic carbocycles. The molecule has 1 aliphatic heterocycles. The molecule has 1 aromatic carbocycles. The Kier molecular flexibility index (Phi) is 8.92. The summed E-state index contributed by atoms with van der Waals surface area (Å²) in [6.07, 6.45) is 3.13. The summed E-state index contributed by atoms with van der Waals surface area (Å²) in [6.45, 7) is 13.5. The summed E-state index contributed by atoms with van der Waals surface area (Å²) in [5.41, 5.74) is 1.36. The number of hydrogen-bond acceptors (Lipinski definition) is 3. The fourth-order valence-electron chi connectivity index (χ4n) is 3.42. The van der Waals surface area contributed by atoms with Gasteiger partial charge < -0.3 is 20.1 Å². The van der Waals surface area contributed by atoms with E-state index in [1.54, 1.807) is 0 Å². The zero-order chi connectivity index (χ0) is 19.5. The SMILES string of the molecule is CCNC(=NCC1(c2ccc(OCC)cc2)CCOCC1)NCCC(C)C. The molecule has 0 bridgehead atoms. The molecular weight excluding hydrogens is 338 g/mol. The second kappa shape index (κ2) is 11.2. The van der Waals surface area contributed by atoms with Crippen LogP contribution in [0.25, 0.3) is 0 Å². The average Bonchev–Trinajstić information content (AvgIpc) is 2.67. The van der Waals surface area contributed by atoms with Crippen LogP contribution in [-0.4, -0.2) is 45.4 Å². The first-order valence-corrected chi connectivity index (χ1v) is 10.4. The first-order chi connectivity index (χ1) is 13.1. The monoisotopic (exact) mass is 375 g/mol. The summed E-state index contributed by atoms with van der Waals surface area (Å²) < 4.78 is 11.3. The number of hydrogen-bond donors (Lipinski definition) is 2. The maximum absolute atomic E-state index is 5.65. The van der Waals surface area contributed by atoms with E-state index in [-0.39, 0.29) is 5.41 Å². The Morgan fingerprint density at radius 3 is 2.44 bits per heavy atom. The van der Waals surface area contributed by atoms with Crippen molar-refractivity contribution in [3.05, 3.63) is 29.8 Å². The van der Waals surface area contributed by atoms with Crippen LogP contribution >= 0.6 is 0 Å². The smallest absolute Gasteiger partial charge is 0.191 e. The Morgan fingerprint density at radius 2 is 1.85 bits per heavy atom. The van der Waals surface area contributed by atoms with E-state index in [0.717, 1.165) is 63.8 Å². The lowest BCUT2D eigenvalue weighted by molar-refractivity contribution is 0.0531. The molecule has 5 nitrogen and oxygen atoms in total. The van der Waals surface area contributed by atoms with Gasteiger partial charge in [0, 0.05) is 31.7 Å². The average molecular weight is 376 g/mol. The van der Waals surface area contributed by atoms with E-state index in [1.165, 1.54) is 5.56 Å². The first-order valence-electron chi connectivity index (χ1n) is 10.4. The Labute approximate surface area is 164 Å². The minimum absolute atomic E-state index is 0.0311. The number of nitrogens with zero attached hydrogens (tertiary/aromatic N) is 1. The quantitative estimate of drug-likeness (QED) is 0.510. The van der Waals surface area contributed by atoms with Gasteiger partial charge in [0.2, 0.25) is 0 Å². The second-order valence-electron chi connectivity index (χ2n) is 7.65. The predicted molar refractivity (Wildman–Crippen MR) is 113 cm³/mol. The molecule has 1 fully saturated rings. The van der Waals surface area contributed by atoms with Crippen molar-refractivity contribution >= 4 is 5.96 Å². The van der Waals surface area contributed by atoms with Crippen LogP contribution in [-0.2, 0) is 10.2 Å². The largest absolute Gasteiger partial charge is 0.494 e. The lowest BCUT2D eigenvalue weighted by Gasteiger charge is -2.36. The van der Waals surface area contributed by atoms with Gasteiger partial charge in [-0.25, -0.2) is 0 Å². The highest BCUT2D eigenvalue weighted by Crippen LogP contribution is 2.36. The summed E-state index contributed by atoms with van der Waals surface area (Å²) in [6, 6.07) is 8.55. The fourth-order valence-corrected chi connectivity index (χ4v) is 3.42. The van der Waals surface area contributed by atoms with Crippen LogP contribution in [0.5, 0.6) is 5.75 Å². The van der Waals surface area contributed by atoms with Crippen molar-refractivity contribution in [3.8, 4) is 5.75 Å². The van der Waals surface area contributed by atoms with Gasteiger partial charge in [0.1, 0.15) is 5.75 Å². The van der Waals surface area contributed by atoms with Gasteiger partial charge >= 0.3 is 0 Å². The van der Waals surface area contributed by atoms with Crippen molar-refractivity contribution in [2.75, 3.05) is 39.5 Å². The van der Waals surface area contributed by atoms with E-state index in [2.05, 4.69) is 55.7 Å². The minimum Gasteiger partial charge on any atom is -0.494 e. The highest BCUT2D eigenvalue weighted by atomic mass is 16.5. The molecule has 2 rings (SSSR count). The zero-order valence-electron chi connectivity index (χ0n) is 17.5. The fraction of sp³-hybridized carbons (Fsp3) is 0.682. The number of guanidine groups is 1. The molecule has 0 aromatic heterocycles. The molecule has 0 unspecified atom stereocenters. The summed E-state index contributed by atoms with van der Waals surface area (Å²) >= 11 is 0. The molecule has 5 heteroatoms. The standard InChI is InChI=1S/C22H37N3O2/c1-5-23-21(24-14-11-18(3)4)25-17-22(12-15-26-16-13-22)19-7-9-20(10-8-19)27-6-2/h7-10,18H,5-6,11-17H2,1-4H3,(H2,23,24,25). The van der Waals surface area contributed by atoms with Gasteiger partial charge in [0.05, 0.1) is 13.2 Å². The molecule has 1 heterocycles. The maximum Gasteiger partial charge on any atom is 0.191 e. The van der Waals surface area contributed by atoms with Crippen LogP contribution < -0.4 is 15.4 Å². The molecule has 0 spiro atoms. The molecule has 0 amide bonds. The highest BCUT2D eigenvalue weighted by Gasteiger charge is 2.34. The van der Waals surface area contributed by atoms with Gasteiger partial charge in [-0.05, 0) is 56.7 Å². The van der Waals surface area contributed by atoms with Crippen molar-refractivity contribution in [1.29, 1.82) is 0 Å². The van der Waals surface area contributed by atoms with Gasteiger partial charge in [-0.2, -0.15) is 0 Å². The summed E-state index contributed by atoms with van der Waals surface area (Å²) in [4.78, 5) is 4.95. The van der Waals surface area contributed by atoms with Crippen molar-refractivity contribution in [2.24, 2.45) is 10.9 Å². The maximum atomic E-state index is 5.65. The van der Waals surface area contributed by atoms with Gasteiger partial charge in [0.25, 0.3) is 0 Å². The Hall–Kier alpha value is -1.75. The third-order valence-corrected chi connectivity index (χ3v) is 5.13. The molecular formula is C22H37N3O2. The Balaban J connectivity index is 2.13. The summed E-state index contributed by atoms with van der Waals surface area (Å²) in [5, 5.41) is 6.85. The van der Waals surface area contributed by atoms with E-state index in [1.807, 2.05) is 6.92 Å². The van der Waals surface area contributed by atoms with Crippen LogP contribution in [0, 0.1) is 5.92 Å². The van der Waals surface area contributed by atoms with Crippen molar-refractivity contribution < 1.29 is 9.47 Å². The topological polar surface area (TPSA) is 54.9 Å². The molecule has 1 aliphatic rings.